The van der Waals surface area contributed by atoms with Gasteiger partial charge < -0.3 is 10.6 Å². The second-order valence-electron chi connectivity index (χ2n) is 5.25. The molecule has 0 aromatic carbocycles. The van der Waals surface area contributed by atoms with E-state index >= 15 is 0 Å². The van der Waals surface area contributed by atoms with Crippen molar-refractivity contribution in [3.63, 3.8) is 0 Å². The minimum atomic E-state index is 0.0133. The summed E-state index contributed by atoms with van der Waals surface area (Å²) in [5.41, 5.74) is 0.965. The van der Waals surface area contributed by atoms with Crippen LogP contribution in [0.25, 0.3) is 0 Å². The van der Waals surface area contributed by atoms with Crippen molar-refractivity contribution in [1.29, 1.82) is 0 Å². The molecule has 5 nitrogen and oxygen atoms in total. The van der Waals surface area contributed by atoms with Gasteiger partial charge in [0.1, 0.15) is 0 Å². The number of amides is 1. The van der Waals surface area contributed by atoms with Crippen LogP contribution in [0.3, 0.4) is 0 Å². The summed E-state index contributed by atoms with van der Waals surface area (Å²) >= 11 is 1.47. The van der Waals surface area contributed by atoms with E-state index in [0.717, 1.165) is 25.3 Å². The molecule has 0 saturated carbocycles. The van der Waals surface area contributed by atoms with Gasteiger partial charge in [-0.05, 0) is 20.8 Å². The van der Waals surface area contributed by atoms with Crippen LogP contribution in [0.15, 0.2) is 5.38 Å². The minimum Gasteiger partial charge on any atom is -0.314 e. The fraction of sp³-hybridized carbons (Fsp3) is 0.667. The number of anilines is 1. The Morgan fingerprint density at radius 1 is 1.67 bits per heavy atom. The normalized spacial score (nSPS) is 19.7. The molecule has 0 spiro atoms. The lowest BCUT2D eigenvalue weighted by atomic mass is 10.0. The van der Waals surface area contributed by atoms with Gasteiger partial charge in [0.15, 0.2) is 5.13 Å². The SMILES string of the molecule is Cc1csc(NC(=O)CN2CCNCC2(C)C)n1. The maximum Gasteiger partial charge on any atom is 0.240 e. The summed E-state index contributed by atoms with van der Waals surface area (Å²) < 4.78 is 0. The fourth-order valence-electron chi connectivity index (χ4n) is 2.06. The van der Waals surface area contributed by atoms with Crippen molar-refractivity contribution >= 4 is 22.4 Å². The molecule has 0 radical (unpaired) electrons. The molecule has 0 atom stereocenters. The maximum atomic E-state index is 12.0. The number of aromatic nitrogens is 1. The highest BCUT2D eigenvalue weighted by Gasteiger charge is 2.30. The maximum absolute atomic E-state index is 12.0. The fourth-order valence-corrected chi connectivity index (χ4v) is 2.76. The number of hydrogen-bond donors (Lipinski definition) is 2. The van der Waals surface area contributed by atoms with Crippen molar-refractivity contribution in [2.24, 2.45) is 0 Å². The van der Waals surface area contributed by atoms with Crippen molar-refractivity contribution in [3.05, 3.63) is 11.1 Å². The summed E-state index contributed by atoms with van der Waals surface area (Å²) in [4.78, 5) is 18.4. The van der Waals surface area contributed by atoms with Gasteiger partial charge >= 0.3 is 0 Å². The number of carbonyl (C=O) groups is 1. The van der Waals surface area contributed by atoms with Gasteiger partial charge in [-0.3, -0.25) is 9.69 Å². The van der Waals surface area contributed by atoms with Gasteiger partial charge in [0.2, 0.25) is 5.91 Å². The van der Waals surface area contributed by atoms with Crippen molar-refractivity contribution < 1.29 is 4.79 Å². The molecule has 1 aromatic heterocycles. The van der Waals surface area contributed by atoms with E-state index in [-0.39, 0.29) is 11.4 Å². The molecule has 0 unspecified atom stereocenters. The van der Waals surface area contributed by atoms with Crippen LogP contribution in [0.4, 0.5) is 5.13 Å². The molecule has 18 heavy (non-hydrogen) atoms. The molecule has 0 bridgehead atoms. The molecule has 6 heteroatoms. The van der Waals surface area contributed by atoms with Crippen LogP contribution >= 0.6 is 11.3 Å². The summed E-state index contributed by atoms with van der Waals surface area (Å²) in [7, 11) is 0. The Balaban J connectivity index is 1.90. The molecular weight excluding hydrogens is 248 g/mol. The molecule has 1 aliphatic rings. The van der Waals surface area contributed by atoms with Crippen molar-refractivity contribution in [1.82, 2.24) is 15.2 Å². The van der Waals surface area contributed by atoms with Gasteiger partial charge in [0.05, 0.1) is 12.2 Å². The number of nitrogens with zero attached hydrogens (tertiary/aromatic N) is 2. The molecule has 2 heterocycles. The third-order valence-electron chi connectivity index (χ3n) is 3.17. The third kappa shape index (κ3) is 3.28. The lowest BCUT2D eigenvalue weighted by molar-refractivity contribution is -0.119. The summed E-state index contributed by atoms with van der Waals surface area (Å²) in [6, 6.07) is 0. The zero-order valence-corrected chi connectivity index (χ0v) is 11.9. The third-order valence-corrected chi connectivity index (χ3v) is 4.05. The van der Waals surface area contributed by atoms with Gasteiger partial charge in [-0.2, -0.15) is 0 Å². The van der Waals surface area contributed by atoms with Crippen LogP contribution in [0, 0.1) is 6.92 Å². The summed E-state index contributed by atoms with van der Waals surface area (Å²) in [5, 5.41) is 8.82. The van der Waals surface area contributed by atoms with Crippen LogP contribution in [-0.2, 0) is 4.79 Å². The molecule has 1 aliphatic heterocycles. The predicted octanol–water partition coefficient (Wildman–Crippen LogP) is 1.07. The van der Waals surface area contributed by atoms with E-state index in [1.807, 2.05) is 12.3 Å². The lowest BCUT2D eigenvalue weighted by Gasteiger charge is -2.42. The van der Waals surface area contributed by atoms with E-state index in [9.17, 15) is 4.79 Å². The number of thiazole rings is 1. The molecular formula is C12H20N4OS. The smallest absolute Gasteiger partial charge is 0.240 e. The lowest BCUT2D eigenvalue weighted by Crippen LogP contribution is -2.59. The number of piperazine rings is 1. The molecule has 100 valence electrons. The van der Waals surface area contributed by atoms with E-state index in [2.05, 4.69) is 34.4 Å². The summed E-state index contributed by atoms with van der Waals surface area (Å²) in [6.45, 7) is 9.40. The molecule has 1 aromatic rings. The Morgan fingerprint density at radius 2 is 2.44 bits per heavy atom. The van der Waals surface area contributed by atoms with Crippen LogP contribution < -0.4 is 10.6 Å². The van der Waals surface area contributed by atoms with Crippen molar-refractivity contribution in [3.8, 4) is 0 Å². The average molecular weight is 268 g/mol. The first-order chi connectivity index (χ1) is 8.47. The van der Waals surface area contributed by atoms with Gasteiger partial charge in [-0.15, -0.1) is 11.3 Å². The van der Waals surface area contributed by atoms with E-state index in [1.165, 1.54) is 11.3 Å². The highest BCUT2D eigenvalue weighted by Crippen LogP contribution is 2.17. The van der Waals surface area contributed by atoms with E-state index < -0.39 is 0 Å². The Kier molecular flexibility index (Phi) is 3.99. The monoisotopic (exact) mass is 268 g/mol. The van der Waals surface area contributed by atoms with Crippen LogP contribution in [-0.4, -0.2) is 47.5 Å². The molecule has 2 N–H and O–H groups in total. The first-order valence-electron chi connectivity index (χ1n) is 6.15. The Labute approximate surface area is 112 Å². The zero-order chi connectivity index (χ0) is 13.2. The molecule has 1 amide bonds. The number of nitrogens with one attached hydrogen (secondary N) is 2. The molecule has 1 fully saturated rings. The standard InChI is InChI=1S/C12H20N4OS/c1-9-7-18-11(14-9)15-10(17)6-16-5-4-13-8-12(16,2)3/h7,13H,4-6,8H2,1-3H3,(H,14,15,17). The van der Waals surface area contributed by atoms with Crippen LogP contribution in [0.5, 0.6) is 0 Å². The van der Waals surface area contributed by atoms with Crippen LogP contribution in [0.1, 0.15) is 19.5 Å². The zero-order valence-electron chi connectivity index (χ0n) is 11.1. The predicted molar refractivity (Wildman–Crippen MR) is 74.0 cm³/mol. The molecule has 2 rings (SSSR count). The van der Waals surface area contributed by atoms with Crippen molar-refractivity contribution in [2.75, 3.05) is 31.5 Å². The van der Waals surface area contributed by atoms with Gasteiger partial charge in [0, 0.05) is 30.6 Å². The highest BCUT2D eigenvalue weighted by molar-refractivity contribution is 7.13. The Hall–Kier alpha value is -0.980. The van der Waals surface area contributed by atoms with Crippen LogP contribution in [0.2, 0.25) is 0 Å². The molecule has 0 aliphatic carbocycles. The Morgan fingerprint density at radius 3 is 3.06 bits per heavy atom. The number of rotatable bonds is 3. The highest BCUT2D eigenvalue weighted by atomic mass is 32.1. The average Bonchev–Trinajstić information content (AvgIpc) is 2.67. The van der Waals surface area contributed by atoms with Crippen molar-refractivity contribution in [2.45, 2.75) is 26.3 Å². The van der Waals surface area contributed by atoms with Gasteiger partial charge in [0.25, 0.3) is 0 Å². The van der Waals surface area contributed by atoms with Gasteiger partial charge in [-0.1, -0.05) is 0 Å². The number of carbonyl (C=O) groups excluding carboxylic acids is 1. The first-order valence-corrected chi connectivity index (χ1v) is 7.03. The van der Waals surface area contributed by atoms with E-state index in [0.29, 0.717) is 11.7 Å². The summed E-state index contributed by atoms with van der Waals surface area (Å²) in [6.07, 6.45) is 0. The first kappa shape index (κ1) is 13.5. The number of hydrogen-bond acceptors (Lipinski definition) is 5. The van der Waals surface area contributed by atoms with Gasteiger partial charge in [-0.25, -0.2) is 4.98 Å². The number of aryl methyl sites for hydroxylation is 1. The second kappa shape index (κ2) is 5.34. The minimum absolute atomic E-state index is 0.0133. The summed E-state index contributed by atoms with van der Waals surface area (Å²) in [5.74, 6) is 0.0133. The topological polar surface area (TPSA) is 57.3 Å². The van der Waals surface area contributed by atoms with E-state index in [4.69, 9.17) is 0 Å². The van der Waals surface area contributed by atoms with E-state index in [1.54, 1.807) is 0 Å². The Bertz CT molecular complexity index is 429. The quantitative estimate of drug-likeness (QED) is 0.861. The second-order valence-corrected chi connectivity index (χ2v) is 6.11. The molecule has 1 saturated heterocycles. The largest absolute Gasteiger partial charge is 0.314 e.